The van der Waals surface area contributed by atoms with Crippen LogP contribution in [-0.2, 0) is 4.79 Å². The van der Waals surface area contributed by atoms with Crippen molar-refractivity contribution in [3.05, 3.63) is 29.3 Å². The summed E-state index contributed by atoms with van der Waals surface area (Å²) >= 11 is 0. The Morgan fingerprint density at radius 2 is 2.24 bits per heavy atom. The van der Waals surface area contributed by atoms with E-state index in [1.165, 1.54) is 14.0 Å². The van der Waals surface area contributed by atoms with Crippen LogP contribution in [0.2, 0.25) is 0 Å². The quantitative estimate of drug-likeness (QED) is 0.828. The van der Waals surface area contributed by atoms with Gasteiger partial charge >= 0.3 is 5.97 Å². The second kappa shape index (κ2) is 5.63. The van der Waals surface area contributed by atoms with Crippen molar-refractivity contribution in [3.8, 4) is 5.75 Å². The predicted octanol–water partition coefficient (Wildman–Crippen LogP) is 2.20. The van der Waals surface area contributed by atoms with Crippen LogP contribution in [0, 0.1) is 0 Å². The van der Waals surface area contributed by atoms with Gasteiger partial charge in [0.2, 0.25) is 0 Å². The summed E-state index contributed by atoms with van der Waals surface area (Å²) in [6, 6.07) is 4.18. The van der Waals surface area contributed by atoms with Gasteiger partial charge < -0.3 is 15.6 Å². The second-order valence-corrected chi connectivity index (χ2v) is 3.78. The monoisotopic (exact) mass is 241 g/mol. The first-order chi connectivity index (χ1) is 7.97. The molecule has 94 valence electrons. The first-order valence-corrected chi connectivity index (χ1v) is 5.25. The molecule has 0 heterocycles. The van der Waals surface area contributed by atoms with E-state index in [9.17, 15) is 9.18 Å². The Bertz CT molecular complexity index is 407. The SMILES string of the molecule is COc1cccc(C(N)CC(=O)O)c1C(C)F. The Morgan fingerprint density at radius 3 is 2.71 bits per heavy atom. The van der Waals surface area contributed by atoms with Crippen LogP contribution in [0.25, 0.3) is 0 Å². The summed E-state index contributed by atoms with van der Waals surface area (Å²) in [6.07, 6.45) is -1.51. The number of aliphatic carboxylic acids is 1. The van der Waals surface area contributed by atoms with E-state index < -0.39 is 18.2 Å². The zero-order valence-electron chi connectivity index (χ0n) is 9.81. The van der Waals surface area contributed by atoms with Crippen molar-refractivity contribution in [1.29, 1.82) is 0 Å². The molecule has 17 heavy (non-hydrogen) atoms. The maximum Gasteiger partial charge on any atom is 0.305 e. The number of alkyl halides is 1. The number of ether oxygens (including phenoxy) is 1. The van der Waals surface area contributed by atoms with Crippen LogP contribution in [0.5, 0.6) is 5.75 Å². The molecule has 0 aliphatic rings. The topological polar surface area (TPSA) is 72.5 Å². The van der Waals surface area contributed by atoms with Gasteiger partial charge in [-0.3, -0.25) is 4.79 Å². The largest absolute Gasteiger partial charge is 0.496 e. The summed E-state index contributed by atoms with van der Waals surface area (Å²) in [5.74, 6) is -0.629. The third-order valence-corrected chi connectivity index (χ3v) is 2.51. The summed E-state index contributed by atoms with van der Waals surface area (Å²) in [6.45, 7) is 1.37. The Morgan fingerprint density at radius 1 is 1.59 bits per heavy atom. The number of carboxylic acid groups (broad SMARTS) is 1. The van der Waals surface area contributed by atoms with Gasteiger partial charge in [-0.05, 0) is 18.6 Å². The number of carbonyl (C=O) groups is 1. The van der Waals surface area contributed by atoms with Gasteiger partial charge in [0, 0.05) is 11.6 Å². The number of hydrogen-bond acceptors (Lipinski definition) is 3. The lowest BCUT2D eigenvalue weighted by Gasteiger charge is -2.18. The molecule has 0 radical (unpaired) electrons. The molecule has 0 amide bonds. The van der Waals surface area contributed by atoms with Crippen molar-refractivity contribution in [3.63, 3.8) is 0 Å². The third-order valence-electron chi connectivity index (χ3n) is 2.51. The number of halogens is 1. The number of methoxy groups -OCH3 is 1. The molecule has 1 aromatic carbocycles. The van der Waals surface area contributed by atoms with Crippen molar-refractivity contribution < 1.29 is 19.0 Å². The maximum absolute atomic E-state index is 13.6. The Hall–Kier alpha value is -1.62. The Balaban J connectivity index is 3.18. The van der Waals surface area contributed by atoms with E-state index >= 15 is 0 Å². The van der Waals surface area contributed by atoms with E-state index in [1.807, 2.05) is 0 Å². The van der Waals surface area contributed by atoms with Gasteiger partial charge in [0.1, 0.15) is 11.9 Å². The molecule has 0 aliphatic carbocycles. The van der Waals surface area contributed by atoms with Gasteiger partial charge in [-0.1, -0.05) is 12.1 Å². The lowest BCUT2D eigenvalue weighted by atomic mass is 9.95. The lowest BCUT2D eigenvalue weighted by Crippen LogP contribution is -2.17. The van der Waals surface area contributed by atoms with Gasteiger partial charge in [0.25, 0.3) is 0 Å². The highest BCUT2D eigenvalue weighted by Crippen LogP contribution is 2.34. The molecule has 0 saturated carbocycles. The van der Waals surface area contributed by atoms with Gasteiger partial charge in [0.05, 0.1) is 13.5 Å². The fraction of sp³-hybridized carbons (Fsp3) is 0.417. The summed E-state index contributed by atoms with van der Waals surface area (Å²) in [5.41, 5.74) is 6.55. The number of rotatable bonds is 5. The van der Waals surface area contributed by atoms with Crippen LogP contribution in [0.3, 0.4) is 0 Å². The van der Waals surface area contributed by atoms with Crippen molar-refractivity contribution in [2.24, 2.45) is 5.73 Å². The van der Waals surface area contributed by atoms with Crippen LogP contribution in [0.1, 0.15) is 36.7 Å². The van der Waals surface area contributed by atoms with Crippen molar-refractivity contribution in [2.45, 2.75) is 25.6 Å². The van der Waals surface area contributed by atoms with E-state index in [4.69, 9.17) is 15.6 Å². The summed E-state index contributed by atoms with van der Waals surface area (Å²) in [5, 5.41) is 8.70. The molecular formula is C12H16FNO3. The zero-order valence-corrected chi connectivity index (χ0v) is 9.81. The highest BCUT2D eigenvalue weighted by molar-refractivity contribution is 5.68. The van der Waals surface area contributed by atoms with Crippen molar-refractivity contribution in [2.75, 3.05) is 7.11 Å². The minimum Gasteiger partial charge on any atom is -0.496 e. The second-order valence-electron chi connectivity index (χ2n) is 3.78. The predicted molar refractivity (Wildman–Crippen MR) is 61.7 cm³/mol. The average molecular weight is 241 g/mol. The minimum atomic E-state index is -1.26. The number of hydrogen-bond donors (Lipinski definition) is 2. The van der Waals surface area contributed by atoms with E-state index in [0.717, 1.165) is 0 Å². The molecular weight excluding hydrogens is 225 g/mol. The highest BCUT2D eigenvalue weighted by atomic mass is 19.1. The molecule has 0 aliphatic heterocycles. The van der Waals surface area contributed by atoms with E-state index in [2.05, 4.69) is 0 Å². The molecule has 3 N–H and O–H groups in total. The molecule has 2 atom stereocenters. The molecule has 0 fully saturated rings. The van der Waals surface area contributed by atoms with E-state index in [-0.39, 0.29) is 6.42 Å². The van der Waals surface area contributed by atoms with E-state index in [1.54, 1.807) is 18.2 Å². The molecule has 0 saturated heterocycles. The van der Waals surface area contributed by atoms with Gasteiger partial charge in [-0.2, -0.15) is 0 Å². The van der Waals surface area contributed by atoms with Crippen molar-refractivity contribution >= 4 is 5.97 Å². The van der Waals surface area contributed by atoms with E-state index in [0.29, 0.717) is 16.9 Å². The molecule has 4 nitrogen and oxygen atoms in total. The molecule has 2 unspecified atom stereocenters. The molecule has 0 spiro atoms. The lowest BCUT2D eigenvalue weighted by molar-refractivity contribution is -0.137. The van der Waals surface area contributed by atoms with Crippen LogP contribution < -0.4 is 10.5 Å². The zero-order chi connectivity index (χ0) is 13.0. The molecule has 0 bridgehead atoms. The van der Waals surface area contributed by atoms with Gasteiger partial charge in [0.15, 0.2) is 0 Å². The first-order valence-electron chi connectivity index (χ1n) is 5.25. The smallest absolute Gasteiger partial charge is 0.305 e. The number of carboxylic acids is 1. The molecule has 0 aromatic heterocycles. The average Bonchev–Trinajstić information content (AvgIpc) is 2.26. The van der Waals surface area contributed by atoms with Crippen LogP contribution in [-0.4, -0.2) is 18.2 Å². The van der Waals surface area contributed by atoms with Gasteiger partial charge in [-0.25, -0.2) is 4.39 Å². The van der Waals surface area contributed by atoms with Crippen molar-refractivity contribution in [1.82, 2.24) is 0 Å². The Kier molecular flexibility index (Phi) is 4.45. The molecule has 5 heteroatoms. The number of nitrogens with two attached hydrogens (primary N) is 1. The first kappa shape index (κ1) is 13.4. The summed E-state index contributed by atoms with van der Waals surface area (Å²) < 4.78 is 18.6. The number of benzene rings is 1. The van der Waals surface area contributed by atoms with Crippen LogP contribution >= 0.6 is 0 Å². The normalized spacial score (nSPS) is 14.1. The standard InChI is InChI=1S/C12H16FNO3/c1-7(13)12-8(9(14)6-11(15)16)4-3-5-10(12)17-2/h3-5,7,9H,6,14H2,1-2H3,(H,15,16). The summed E-state index contributed by atoms with van der Waals surface area (Å²) in [7, 11) is 1.44. The summed E-state index contributed by atoms with van der Waals surface area (Å²) in [4.78, 5) is 10.6. The molecule has 1 aromatic rings. The van der Waals surface area contributed by atoms with Gasteiger partial charge in [-0.15, -0.1) is 0 Å². The Labute approximate surface area is 99.2 Å². The van der Waals surface area contributed by atoms with Crippen LogP contribution in [0.4, 0.5) is 4.39 Å². The minimum absolute atomic E-state index is 0.243. The molecule has 1 rings (SSSR count). The maximum atomic E-state index is 13.6. The van der Waals surface area contributed by atoms with Crippen LogP contribution in [0.15, 0.2) is 18.2 Å². The fourth-order valence-corrected chi connectivity index (χ4v) is 1.79. The highest BCUT2D eigenvalue weighted by Gasteiger charge is 2.21. The third kappa shape index (κ3) is 3.17. The fourth-order valence-electron chi connectivity index (χ4n) is 1.79.